The highest BCUT2D eigenvalue weighted by atomic mass is 16.6. The molecule has 4 heterocycles. The lowest BCUT2D eigenvalue weighted by Gasteiger charge is -2.19. The van der Waals surface area contributed by atoms with Crippen molar-refractivity contribution in [3.63, 3.8) is 0 Å². The van der Waals surface area contributed by atoms with E-state index < -0.39 is 9.85 Å². The van der Waals surface area contributed by atoms with Gasteiger partial charge in [-0.15, -0.1) is 0 Å². The Morgan fingerprint density at radius 1 is 0.618 bits per heavy atom. The third-order valence-corrected chi connectivity index (χ3v) is 10.3. The van der Waals surface area contributed by atoms with Crippen LogP contribution >= 0.6 is 0 Å². The average Bonchev–Trinajstić information content (AvgIpc) is 3.53. The lowest BCUT2D eigenvalue weighted by molar-refractivity contribution is -0.385. The van der Waals surface area contributed by atoms with Gasteiger partial charge in [0.25, 0.3) is 11.4 Å². The van der Waals surface area contributed by atoms with Crippen LogP contribution in [0.5, 0.6) is 11.5 Å². The summed E-state index contributed by atoms with van der Waals surface area (Å²) in [7, 11) is 0. The average molecular weight is 739 g/mol. The number of hydrogen-bond acceptors (Lipinski definition) is 12. The molecule has 2 N–H and O–H groups in total. The molecule has 2 unspecified atom stereocenters. The van der Waals surface area contributed by atoms with Crippen molar-refractivity contribution < 1.29 is 29.1 Å². The van der Waals surface area contributed by atoms with E-state index in [1.54, 1.807) is 36.4 Å². The van der Waals surface area contributed by atoms with Crippen molar-refractivity contribution >= 4 is 34.2 Å². The van der Waals surface area contributed by atoms with Gasteiger partial charge in [-0.05, 0) is 103 Å². The maximum Gasteiger partial charge on any atom is 0.269 e. The fourth-order valence-electron chi connectivity index (χ4n) is 7.47. The molecule has 55 heavy (non-hydrogen) atoms. The zero-order chi connectivity index (χ0) is 38.4. The topological polar surface area (TPSA) is 204 Å². The molecular weight excluding hydrogens is 704 g/mol. The number of aliphatic imine (C=N–C) groups is 2. The summed E-state index contributed by atoms with van der Waals surface area (Å²) in [6, 6.07) is 23.6. The molecule has 0 saturated carbocycles. The van der Waals surface area contributed by atoms with Crippen molar-refractivity contribution in [1.82, 2.24) is 10.3 Å². The Morgan fingerprint density at radius 3 is 1.40 bits per heavy atom. The van der Waals surface area contributed by atoms with Crippen LogP contribution in [0.15, 0.2) is 104 Å². The third kappa shape index (κ3) is 6.97. The summed E-state index contributed by atoms with van der Waals surface area (Å²) in [4.78, 5) is 31.5. The van der Waals surface area contributed by atoms with E-state index in [0.717, 1.165) is 22.3 Å². The minimum Gasteiger partial charge on any atom is -0.508 e. The molecule has 276 valence electrons. The highest BCUT2D eigenvalue weighted by molar-refractivity contribution is 6.04. The molecule has 0 amide bonds. The lowest BCUT2D eigenvalue weighted by Crippen LogP contribution is -2.11. The number of nitrogens with zero attached hydrogens (tertiary/aromatic N) is 6. The van der Waals surface area contributed by atoms with Crippen molar-refractivity contribution in [3.8, 4) is 11.5 Å². The van der Waals surface area contributed by atoms with Crippen LogP contribution < -0.4 is 0 Å². The number of aromatic nitrogens is 2. The second-order valence-corrected chi connectivity index (χ2v) is 14.0. The predicted octanol–water partition coefficient (Wildman–Crippen LogP) is 8.80. The van der Waals surface area contributed by atoms with Gasteiger partial charge in [-0.3, -0.25) is 20.2 Å². The number of nitro groups is 2. The molecule has 0 fully saturated rings. The largest absolute Gasteiger partial charge is 0.508 e. The van der Waals surface area contributed by atoms with Gasteiger partial charge in [-0.1, -0.05) is 34.6 Å². The molecule has 0 aliphatic carbocycles. The molecule has 0 radical (unpaired) electrons. The number of rotatable bonds is 8. The molecule has 6 aromatic rings. The number of hydrogen-bond donors (Lipinski definition) is 2. The van der Waals surface area contributed by atoms with E-state index in [4.69, 9.17) is 19.0 Å². The first-order valence-electron chi connectivity index (χ1n) is 17.7. The summed E-state index contributed by atoms with van der Waals surface area (Å²) >= 11 is 0. The smallest absolute Gasteiger partial charge is 0.269 e. The van der Waals surface area contributed by atoms with Crippen molar-refractivity contribution in [2.24, 2.45) is 9.98 Å². The van der Waals surface area contributed by atoms with Crippen molar-refractivity contribution in [1.29, 1.82) is 0 Å². The first kappa shape index (κ1) is 35.1. The van der Waals surface area contributed by atoms with Crippen LogP contribution in [0.2, 0.25) is 0 Å². The van der Waals surface area contributed by atoms with Crippen LogP contribution in [0.4, 0.5) is 22.7 Å². The lowest BCUT2D eigenvalue weighted by atomic mass is 9.85. The highest BCUT2D eigenvalue weighted by Crippen LogP contribution is 2.42. The zero-order valence-corrected chi connectivity index (χ0v) is 29.8. The monoisotopic (exact) mass is 738 g/mol. The van der Waals surface area contributed by atoms with Gasteiger partial charge in [0.2, 0.25) is 0 Å². The van der Waals surface area contributed by atoms with E-state index in [2.05, 4.69) is 10.3 Å². The molecule has 2 aliphatic rings. The van der Waals surface area contributed by atoms with Crippen LogP contribution in [-0.4, -0.2) is 41.8 Å². The molecule has 0 spiro atoms. The van der Waals surface area contributed by atoms with Crippen LogP contribution in [0, 0.1) is 34.1 Å². The van der Waals surface area contributed by atoms with Crippen LogP contribution in [-0.2, 0) is 19.3 Å². The van der Waals surface area contributed by atoms with E-state index in [-0.39, 0.29) is 34.7 Å². The summed E-state index contributed by atoms with van der Waals surface area (Å²) in [6.07, 6.45) is 2.22. The molecule has 0 bridgehead atoms. The second-order valence-electron chi connectivity index (χ2n) is 14.0. The first-order valence-corrected chi connectivity index (χ1v) is 17.7. The Hall–Kier alpha value is -6.96. The molecule has 2 aromatic heterocycles. The third-order valence-electron chi connectivity index (χ3n) is 10.3. The van der Waals surface area contributed by atoms with E-state index in [0.29, 0.717) is 88.9 Å². The standard InChI is InChI=1S/C41H34N6O8/c1-22-40-38(54-44-22)20-28(18-34(42-40)26-5-9-30(10-6-26)46(50)51)32-16-24(3-13-36(32)48)15-25-4-14-37(49)33(17-25)29-19-35(27-7-11-31(12-8-27)47(52)53)43-41-23(2)45-55-39(41)21-29/h3-14,16-17,28-29,48-49H,15,18-21H2,1-2H3. The molecule has 2 atom stereocenters. The van der Waals surface area contributed by atoms with E-state index in [1.807, 2.05) is 38.1 Å². The summed E-state index contributed by atoms with van der Waals surface area (Å²) < 4.78 is 11.4. The normalized spacial score (nSPS) is 16.6. The maximum atomic E-state index is 11.3. The summed E-state index contributed by atoms with van der Waals surface area (Å²) in [5, 5.41) is 53.3. The van der Waals surface area contributed by atoms with Gasteiger partial charge < -0.3 is 19.3 Å². The summed E-state index contributed by atoms with van der Waals surface area (Å²) in [5.41, 5.74) is 8.58. The fourth-order valence-corrected chi connectivity index (χ4v) is 7.47. The van der Waals surface area contributed by atoms with E-state index >= 15 is 0 Å². The molecule has 14 nitrogen and oxygen atoms in total. The molecule has 8 rings (SSSR count). The number of aryl methyl sites for hydroxylation is 2. The maximum absolute atomic E-state index is 11.3. The molecule has 4 aromatic carbocycles. The van der Waals surface area contributed by atoms with Gasteiger partial charge >= 0.3 is 0 Å². The Balaban J connectivity index is 1.09. The van der Waals surface area contributed by atoms with Crippen LogP contribution in [0.25, 0.3) is 0 Å². The molecule has 2 aliphatic heterocycles. The molecule has 14 heteroatoms. The predicted molar refractivity (Wildman–Crippen MR) is 202 cm³/mol. The Bertz CT molecular complexity index is 2360. The number of benzene rings is 4. The summed E-state index contributed by atoms with van der Waals surface area (Å²) in [5.74, 6) is 0.936. The number of fused-ring (bicyclic) bond motifs is 2. The number of nitro benzene ring substituents is 2. The fraction of sp³-hybridized carbons (Fsp3) is 0.220. The molecule has 0 saturated heterocycles. The van der Waals surface area contributed by atoms with Gasteiger partial charge in [0.15, 0.2) is 11.5 Å². The van der Waals surface area contributed by atoms with E-state index in [9.17, 15) is 30.4 Å². The Kier molecular flexibility index (Phi) is 9.01. The number of phenolic OH excluding ortho intramolecular Hbond substituents is 2. The van der Waals surface area contributed by atoms with Gasteiger partial charge in [0.05, 0.1) is 9.85 Å². The van der Waals surface area contributed by atoms with Crippen molar-refractivity contribution in [3.05, 3.63) is 161 Å². The minimum atomic E-state index is -0.443. The quantitative estimate of drug-likeness (QED) is 0.112. The minimum absolute atomic E-state index is 0.0194. The first-order chi connectivity index (χ1) is 26.5. The Morgan fingerprint density at radius 2 is 1.02 bits per heavy atom. The van der Waals surface area contributed by atoms with Crippen molar-refractivity contribution in [2.75, 3.05) is 0 Å². The van der Waals surface area contributed by atoms with E-state index in [1.165, 1.54) is 24.3 Å². The van der Waals surface area contributed by atoms with Crippen LogP contribution in [0.3, 0.4) is 0 Å². The number of aromatic hydroxyl groups is 2. The SMILES string of the molecule is Cc1noc2c1N=C(c1ccc([N+](=O)[O-])cc1)CC(c1cc(Cc3ccc(O)c(C4CC(c5ccc([N+](=O)[O-])cc5)=Nc5c(C)noc5C4)c3)ccc1O)C2. The zero-order valence-electron chi connectivity index (χ0n) is 29.8. The second kappa shape index (κ2) is 14.1. The number of phenols is 2. The van der Waals surface area contributed by atoms with Gasteiger partial charge in [0, 0.05) is 60.4 Å². The van der Waals surface area contributed by atoms with Gasteiger partial charge in [-0.25, -0.2) is 9.98 Å². The van der Waals surface area contributed by atoms with Crippen LogP contribution in [0.1, 0.15) is 81.0 Å². The number of non-ortho nitro benzene ring substituents is 2. The highest BCUT2D eigenvalue weighted by Gasteiger charge is 2.30. The van der Waals surface area contributed by atoms with Crippen molar-refractivity contribution in [2.45, 2.75) is 57.8 Å². The molecular formula is C41H34N6O8. The van der Waals surface area contributed by atoms with Gasteiger partial charge in [0.1, 0.15) is 34.3 Å². The van der Waals surface area contributed by atoms with Gasteiger partial charge in [-0.2, -0.15) is 0 Å². The Labute approximate surface area is 313 Å². The summed E-state index contributed by atoms with van der Waals surface area (Å²) in [6.45, 7) is 3.63.